The monoisotopic (exact) mass is 442 g/mol. The average Bonchev–Trinajstić information content (AvgIpc) is 3.05. The topological polar surface area (TPSA) is 59.3 Å². The molecular formula is C16H7F9N4O. The van der Waals surface area contributed by atoms with Crippen LogP contribution in [-0.2, 0) is 6.18 Å². The first-order valence-electron chi connectivity index (χ1n) is 7.72. The predicted octanol–water partition coefficient (Wildman–Crippen LogP) is 4.80. The number of nitrogens with one attached hydrogen (secondary N) is 1. The largest absolute Gasteiger partial charge is 0.422 e. The number of fused-ring (bicyclic) bond motifs is 1. The molecule has 160 valence electrons. The molecule has 0 spiro atoms. The number of carbonyl (C=O) groups excluding carboxylic acids is 1. The molecule has 14 heteroatoms. The fourth-order valence-corrected chi connectivity index (χ4v) is 2.60. The van der Waals surface area contributed by atoms with E-state index in [9.17, 15) is 44.3 Å². The third-order valence-electron chi connectivity index (χ3n) is 3.88. The van der Waals surface area contributed by atoms with Crippen molar-refractivity contribution in [2.24, 2.45) is 0 Å². The summed E-state index contributed by atoms with van der Waals surface area (Å²) in [5.74, 6) is -12.1. The van der Waals surface area contributed by atoms with Crippen molar-refractivity contribution < 1.29 is 44.3 Å². The molecule has 0 bridgehead atoms. The summed E-state index contributed by atoms with van der Waals surface area (Å²) >= 11 is 0. The molecular weight excluding hydrogens is 435 g/mol. The number of alkyl halides is 5. The molecule has 30 heavy (non-hydrogen) atoms. The van der Waals surface area contributed by atoms with Gasteiger partial charge in [0.05, 0.1) is 6.20 Å². The SMILES string of the molecule is Cc1cc(C(F)F)n2ncc(C(=O)Nc3c(F)c(F)c(C(F)(F)F)c(F)c3F)c2n1. The van der Waals surface area contributed by atoms with Crippen molar-refractivity contribution in [2.75, 3.05) is 5.32 Å². The van der Waals surface area contributed by atoms with Crippen LogP contribution in [-0.4, -0.2) is 20.5 Å². The first-order chi connectivity index (χ1) is 13.8. The van der Waals surface area contributed by atoms with Gasteiger partial charge in [0, 0.05) is 5.69 Å². The molecule has 2 aromatic heterocycles. The number of halogens is 9. The van der Waals surface area contributed by atoms with E-state index in [0.29, 0.717) is 10.7 Å². The minimum absolute atomic E-state index is 0.0105. The number of anilines is 1. The molecule has 1 amide bonds. The number of hydrogen-bond acceptors (Lipinski definition) is 3. The molecule has 0 aliphatic rings. The van der Waals surface area contributed by atoms with E-state index in [2.05, 4.69) is 10.1 Å². The molecule has 5 nitrogen and oxygen atoms in total. The second kappa shape index (κ2) is 7.18. The van der Waals surface area contributed by atoms with E-state index in [-0.39, 0.29) is 5.69 Å². The van der Waals surface area contributed by atoms with Gasteiger partial charge in [0.25, 0.3) is 12.3 Å². The zero-order valence-electron chi connectivity index (χ0n) is 14.4. The maximum absolute atomic E-state index is 14.0. The van der Waals surface area contributed by atoms with E-state index in [1.54, 1.807) is 0 Å². The molecule has 0 aliphatic heterocycles. The Kier molecular flexibility index (Phi) is 5.12. The van der Waals surface area contributed by atoms with E-state index in [0.717, 1.165) is 6.07 Å². The van der Waals surface area contributed by atoms with E-state index in [1.165, 1.54) is 12.2 Å². The minimum Gasteiger partial charge on any atom is -0.317 e. The van der Waals surface area contributed by atoms with Crippen molar-refractivity contribution in [3.8, 4) is 0 Å². The van der Waals surface area contributed by atoms with Gasteiger partial charge in [0.1, 0.15) is 22.5 Å². The van der Waals surface area contributed by atoms with Crippen molar-refractivity contribution in [1.82, 2.24) is 14.6 Å². The van der Waals surface area contributed by atoms with Crippen LogP contribution in [0.1, 0.15) is 33.7 Å². The smallest absolute Gasteiger partial charge is 0.317 e. The first-order valence-corrected chi connectivity index (χ1v) is 7.72. The van der Waals surface area contributed by atoms with Gasteiger partial charge in [-0.2, -0.15) is 18.3 Å². The zero-order chi connectivity index (χ0) is 22.5. The van der Waals surface area contributed by atoms with E-state index >= 15 is 0 Å². The van der Waals surface area contributed by atoms with Crippen LogP contribution in [0.3, 0.4) is 0 Å². The highest BCUT2D eigenvalue weighted by Crippen LogP contribution is 2.38. The molecule has 0 radical (unpaired) electrons. The second-order valence-corrected chi connectivity index (χ2v) is 5.87. The summed E-state index contributed by atoms with van der Waals surface area (Å²) in [4.78, 5) is 16.1. The number of aryl methyl sites for hydroxylation is 1. The lowest BCUT2D eigenvalue weighted by atomic mass is 10.1. The summed E-state index contributed by atoms with van der Waals surface area (Å²) in [6.07, 6.45) is -8.12. The van der Waals surface area contributed by atoms with Gasteiger partial charge in [-0.25, -0.2) is 35.8 Å². The molecule has 0 unspecified atom stereocenters. The standard InChI is InChI=1S/C16H7F9N4O/c1-4-2-6(13(21)22)29-14(27-4)5(3-26-29)15(30)28-12-10(19)8(17)7(16(23,24)25)9(18)11(12)20/h2-3,13H,1H3,(H,28,30). The number of carbonyl (C=O) groups is 1. The summed E-state index contributed by atoms with van der Waals surface area (Å²) in [5, 5.41) is 4.88. The van der Waals surface area contributed by atoms with Crippen LogP contribution in [0.15, 0.2) is 12.3 Å². The summed E-state index contributed by atoms with van der Waals surface area (Å²) in [6, 6.07) is 0.951. The van der Waals surface area contributed by atoms with Crippen molar-refractivity contribution in [3.63, 3.8) is 0 Å². The normalized spacial score (nSPS) is 12.1. The Hall–Kier alpha value is -3.32. The Labute approximate surface area is 160 Å². The van der Waals surface area contributed by atoms with Gasteiger partial charge in [0.2, 0.25) is 0 Å². The summed E-state index contributed by atoms with van der Waals surface area (Å²) in [5.41, 5.74) is -6.46. The average molecular weight is 442 g/mol. The van der Waals surface area contributed by atoms with E-state index < -0.39 is 69.9 Å². The molecule has 1 N–H and O–H groups in total. The highest BCUT2D eigenvalue weighted by molar-refractivity contribution is 6.08. The number of rotatable bonds is 3. The molecule has 1 aromatic carbocycles. The molecule has 0 atom stereocenters. The molecule has 0 saturated carbocycles. The fourth-order valence-electron chi connectivity index (χ4n) is 2.60. The highest BCUT2D eigenvalue weighted by Gasteiger charge is 2.42. The van der Waals surface area contributed by atoms with Crippen molar-refractivity contribution in [2.45, 2.75) is 19.5 Å². The Morgan fingerprint density at radius 1 is 1.07 bits per heavy atom. The maximum Gasteiger partial charge on any atom is 0.422 e. The van der Waals surface area contributed by atoms with Gasteiger partial charge in [0.15, 0.2) is 28.9 Å². The Morgan fingerprint density at radius 2 is 1.63 bits per heavy atom. The number of hydrogen-bond donors (Lipinski definition) is 1. The Bertz CT molecular complexity index is 1140. The van der Waals surface area contributed by atoms with Gasteiger partial charge >= 0.3 is 6.18 Å². The van der Waals surface area contributed by atoms with Gasteiger partial charge < -0.3 is 5.32 Å². The molecule has 0 saturated heterocycles. The number of nitrogens with zero attached hydrogens (tertiary/aromatic N) is 3. The fraction of sp³-hybridized carbons (Fsp3) is 0.188. The third kappa shape index (κ3) is 3.41. The third-order valence-corrected chi connectivity index (χ3v) is 3.88. The number of amides is 1. The zero-order valence-corrected chi connectivity index (χ0v) is 14.4. The van der Waals surface area contributed by atoms with Crippen LogP contribution < -0.4 is 5.32 Å². The van der Waals surface area contributed by atoms with Gasteiger partial charge in [-0.15, -0.1) is 0 Å². The highest BCUT2D eigenvalue weighted by atomic mass is 19.4. The van der Waals surface area contributed by atoms with Crippen LogP contribution in [0.2, 0.25) is 0 Å². The minimum atomic E-state index is -5.76. The van der Waals surface area contributed by atoms with E-state index in [4.69, 9.17) is 0 Å². The molecule has 2 heterocycles. The van der Waals surface area contributed by atoms with Crippen molar-refractivity contribution >= 4 is 17.2 Å². The second-order valence-electron chi connectivity index (χ2n) is 5.87. The molecule has 0 aliphatic carbocycles. The van der Waals surface area contributed by atoms with Crippen LogP contribution in [0.4, 0.5) is 45.2 Å². The molecule has 0 fully saturated rings. The van der Waals surface area contributed by atoms with E-state index in [1.807, 2.05) is 0 Å². The first kappa shape index (κ1) is 21.4. The lowest BCUT2D eigenvalue weighted by molar-refractivity contribution is -0.143. The maximum atomic E-state index is 14.0. The van der Waals surface area contributed by atoms with Crippen molar-refractivity contribution in [1.29, 1.82) is 0 Å². The van der Waals surface area contributed by atoms with Crippen LogP contribution in [0.25, 0.3) is 5.65 Å². The summed E-state index contributed by atoms with van der Waals surface area (Å²) < 4.78 is 120. The molecule has 3 rings (SSSR count). The quantitative estimate of drug-likeness (QED) is 0.468. The number of aromatic nitrogens is 3. The molecule has 3 aromatic rings. The Morgan fingerprint density at radius 3 is 2.13 bits per heavy atom. The lowest BCUT2D eigenvalue weighted by Gasteiger charge is -2.14. The predicted molar refractivity (Wildman–Crippen MR) is 81.9 cm³/mol. The van der Waals surface area contributed by atoms with Gasteiger partial charge in [-0.3, -0.25) is 4.79 Å². The Balaban J connectivity index is 2.10. The van der Waals surface area contributed by atoms with Crippen LogP contribution >= 0.6 is 0 Å². The summed E-state index contributed by atoms with van der Waals surface area (Å²) in [7, 11) is 0. The van der Waals surface area contributed by atoms with Gasteiger partial charge in [-0.05, 0) is 13.0 Å². The lowest BCUT2D eigenvalue weighted by Crippen LogP contribution is -2.20. The van der Waals surface area contributed by atoms with Crippen LogP contribution in [0.5, 0.6) is 0 Å². The van der Waals surface area contributed by atoms with Crippen LogP contribution in [0, 0.1) is 30.2 Å². The van der Waals surface area contributed by atoms with Crippen molar-refractivity contribution in [3.05, 3.63) is 58.0 Å². The number of benzene rings is 1. The van der Waals surface area contributed by atoms with Gasteiger partial charge in [-0.1, -0.05) is 0 Å². The summed E-state index contributed by atoms with van der Waals surface area (Å²) in [6.45, 7) is 1.29.